The Morgan fingerprint density at radius 1 is 1.42 bits per heavy atom. The summed E-state index contributed by atoms with van der Waals surface area (Å²) in [4.78, 5) is 23.4. The van der Waals surface area contributed by atoms with Crippen LogP contribution in [0, 0.1) is 11.8 Å². The third-order valence-electron chi connectivity index (χ3n) is 3.80. The summed E-state index contributed by atoms with van der Waals surface area (Å²) < 4.78 is 0. The number of carboxylic acids is 1. The van der Waals surface area contributed by atoms with Crippen molar-refractivity contribution < 1.29 is 14.7 Å². The van der Waals surface area contributed by atoms with Gasteiger partial charge in [-0.1, -0.05) is 12.8 Å². The molecule has 1 aliphatic carbocycles. The van der Waals surface area contributed by atoms with Crippen LogP contribution < -0.4 is 5.32 Å². The Labute approximate surface area is 111 Å². The summed E-state index contributed by atoms with van der Waals surface area (Å²) in [7, 11) is 0. The van der Waals surface area contributed by atoms with E-state index in [1.807, 2.05) is 6.92 Å². The average Bonchev–Trinajstić information content (AvgIpc) is 2.92. The van der Waals surface area contributed by atoms with Gasteiger partial charge in [0.1, 0.15) is 0 Å². The standard InChI is InChI=1S/C13H19N3O3/c1-8(9-6-14-15-7-9)16-12(17)10-4-2-3-5-11(10)13(18)19/h6-8,10-11H,2-5H2,1H3,(H,14,15)(H,16,17)(H,18,19)/t8?,10-,11+/m1/s1. The molecule has 1 aromatic heterocycles. The molecule has 1 saturated carbocycles. The zero-order chi connectivity index (χ0) is 13.8. The van der Waals surface area contributed by atoms with Crippen molar-refractivity contribution in [3.8, 4) is 0 Å². The zero-order valence-electron chi connectivity index (χ0n) is 10.9. The molecular formula is C13H19N3O3. The Bertz CT molecular complexity index is 444. The van der Waals surface area contributed by atoms with Gasteiger partial charge in [-0.2, -0.15) is 5.10 Å². The summed E-state index contributed by atoms with van der Waals surface area (Å²) >= 11 is 0. The van der Waals surface area contributed by atoms with E-state index in [4.69, 9.17) is 0 Å². The molecule has 0 radical (unpaired) electrons. The molecule has 0 aliphatic heterocycles. The van der Waals surface area contributed by atoms with E-state index in [2.05, 4.69) is 15.5 Å². The number of carbonyl (C=O) groups is 2. The van der Waals surface area contributed by atoms with E-state index >= 15 is 0 Å². The molecule has 6 heteroatoms. The van der Waals surface area contributed by atoms with Crippen molar-refractivity contribution in [2.45, 2.75) is 38.6 Å². The predicted molar refractivity (Wildman–Crippen MR) is 68.2 cm³/mol. The molecule has 1 aliphatic rings. The van der Waals surface area contributed by atoms with Crippen LogP contribution in [0.3, 0.4) is 0 Å². The van der Waals surface area contributed by atoms with E-state index in [9.17, 15) is 14.7 Å². The van der Waals surface area contributed by atoms with E-state index in [-0.39, 0.29) is 11.9 Å². The van der Waals surface area contributed by atoms with Crippen LogP contribution in [0.15, 0.2) is 12.4 Å². The minimum absolute atomic E-state index is 0.164. The quantitative estimate of drug-likeness (QED) is 0.768. The molecule has 1 fully saturated rings. The molecule has 0 bridgehead atoms. The molecule has 1 heterocycles. The Morgan fingerprint density at radius 2 is 2.11 bits per heavy atom. The van der Waals surface area contributed by atoms with E-state index in [0.717, 1.165) is 18.4 Å². The van der Waals surface area contributed by atoms with E-state index in [0.29, 0.717) is 12.8 Å². The van der Waals surface area contributed by atoms with Gasteiger partial charge >= 0.3 is 5.97 Å². The summed E-state index contributed by atoms with van der Waals surface area (Å²) in [6, 6.07) is -0.164. The second kappa shape index (κ2) is 5.86. The second-order valence-electron chi connectivity index (χ2n) is 5.10. The highest BCUT2D eigenvalue weighted by Crippen LogP contribution is 2.31. The van der Waals surface area contributed by atoms with Crippen molar-refractivity contribution >= 4 is 11.9 Å². The second-order valence-corrected chi connectivity index (χ2v) is 5.10. The van der Waals surface area contributed by atoms with Gasteiger partial charge in [-0.15, -0.1) is 0 Å². The van der Waals surface area contributed by atoms with Crippen LogP contribution in [-0.2, 0) is 9.59 Å². The third kappa shape index (κ3) is 3.13. The fourth-order valence-electron chi connectivity index (χ4n) is 2.64. The van der Waals surface area contributed by atoms with Crippen molar-refractivity contribution in [1.29, 1.82) is 0 Å². The maximum absolute atomic E-state index is 12.2. The maximum atomic E-state index is 12.2. The van der Waals surface area contributed by atoms with Crippen LogP contribution in [-0.4, -0.2) is 27.2 Å². The van der Waals surface area contributed by atoms with Gasteiger partial charge in [0, 0.05) is 11.8 Å². The van der Waals surface area contributed by atoms with Crippen LogP contribution in [0.25, 0.3) is 0 Å². The van der Waals surface area contributed by atoms with Crippen LogP contribution in [0.4, 0.5) is 0 Å². The lowest BCUT2D eigenvalue weighted by molar-refractivity contribution is -0.149. The number of nitrogens with one attached hydrogen (secondary N) is 2. The molecular weight excluding hydrogens is 246 g/mol. The minimum atomic E-state index is -0.865. The van der Waals surface area contributed by atoms with Gasteiger partial charge in [-0.3, -0.25) is 14.7 Å². The first kappa shape index (κ1) is 13.6. The monoisotopic (exact) mass is 265 g/mol. The number of aromatic nitrogens is 2. The van der Waals surface area contributed by atoms with Gasteiger partial charge in [-0.25, -0.2) is 0 Å². The van der Waals surface area contributed by atoms with Gasteiger partial charge in [0.25, 0.3) is 0 Å². The van der Waals surface area contributed by atoms with E-state index in [1.165, 1.54) is 0 Å². The van der Waals surface area contributed by atoms with Crippen LogP contribution in [0.1, 0.15) is 44.2 Å². The summed E-state index contributed by atoms with van der Waals surface area (Å²) in [5.74, 6) is -2.00. The van der Waals surface area contributed by atoms with Gasteiger partial charge in [0.2, 0.25) is 5.91 Å². The minimum Gasteiger partial charge on any atom is -0.481 e. The Hall–Kier alpha value is -1.85. The van der Waals surface area contributed by atoms with Gasteiger partial charge in [0.05, 0.1) is 24.1 Å². The highest BCUT2D eigenvalue weighted by Gasteiger charge is 2.36. The first-order chi connectivity index (χ1) is 9.09. The summed E-state index contributed by atoms with van der Waals surface area (Å²) in [5, 5.41) is 18.6. The van der Waals surface area contributed by atoms with Gasteiger partial charge in [0.15, 0.2) is 0 Å². The fraction of sp³-hybridized carbons (Fsp3) is 0.615. The number of aromatic amines is 1. The Kier molecular flexibility index (Phi) is 4.19. The molecule has 0 aromatic carbocycles. The van der Waals surface area contributed by atoms with Crippen molar-refractivity contribution in [2.24, 2.45) is 11.8 Å². The van der Waals surface area contributed by atoms with E-state index < -0.39 is 17.8 Å². The molecule has 3 atom stereocenters. The smallest absolute Gasteiger partial charge is 0.307 e. The number of hydrogen-bond acceptors (Lipinski definition) is 3. The first-order valence-electron chi connectivity index (χ1n) is 6.61. The van der Waals surface area contributed by atoms with Crippen LogP contribution in [0.5, 0.6) is 0 Å². The molecule has 3 N–H and O–H groups in total. The summed E-state index contributed by atoms with van der Waals surface area (Å²) in [5.41, 5.74) is 0.885. The number of aliphatic carboxylic acids is 1. The predicted octanol–water partition coefficient (Wildman–Crippen LogP) is 1.48. The highest BCUT2D eigenvalue weighted by atomic mass is 16.4. The van der Waals surface area contributed by atoms with Gasteiger partial charge in [-0.05, 0) is 19.8 Å². The summed E-state index contributed by atoms with van der Waals surface area (Å²) in [6.07, 6.45) is 6.43. The molecule has 1 aromatic rings. The molecule has 19 heavy (non-hydrogen) atoms. The van der Waals surface area contributed by atoms with Crippen molar-refractivity contribution in [3.63, 3.8) is 0 Å². The van der Waals surface area contributed by atoms with Crippen LogP contribution in [0.2, 0.25) is 0 Å². The topological polar surface area (TPSA) is 95.1 Å². The van der Waals surface area contributed by atoms with Crippen molar-refractivity contribution in [2.75, 3.05) is 0 Å². The van der Waals surface area contributed by atoms with Crippen LogP contribution >= 0.6 is 0 Å². The average molecular weight is 265 g/mol. The molecule has 0 saturated heterocycles. The molecule has 6 nitrogen and oxygen atoms in total. The number of carboxylic acid groups (broad SMARTS) is 1. The highest BCUT2D eigenvalue weighted by molar-refractivity contribution is 5.85. The Morgan fingerprint density at radius 3 is 2.68 bits per heavy atom. The number of carbonyl (C=O) groups excluding carboxylic acids is 1. The normalized spacial score (nSPS) is 24.7. The van der Waals surface area contributed by atoms with E-state index in [1.54, 1.807) is 12.4 Å². The van der Waals surface area contributed by atoms with Crippen molar-refractivity contribution in [1.82, 2.24) is 15.5 Å². The van der Waals surface area contributed by atoms with Crippen molar-refractivity contribution in [3.05, 3.63) is 18.0 Å². The lowest BCUT2D eigenvalue weighted by Gasteiger charge is -2.28. The Balaban J connectivity index is 2.00. The molecule has 1 amide bonds. The number of amides is 1. The maximum Gasteiger partial charge on any atom is 0.307 e. The molecule has 1 unspecified atom stereocenters. The molecule has 0 spiro atoms. The lowest BCUT2D eigenvalue weighted by Crippen LogP contribution is -2.40. The number of H-pyrrole nitrogens is 1. The number of rotatable bonds is 4. The fourth-order valence-corrected chi connectivity index (χ4v) is 2.64. The molecule has 2 rings (SSSR count). The number of nitrogens with zero attached hydrogens (tertiary/aromatic N) is 1. The summed E-state index contributed by atoms with van der Waals surface area (Å²) in [6.45, 7) is 1.86. The first-order valence-corrected chi connectivity index (χ1v) is 6.61. The number of hydrogen-bond donors (Lipinski definition) is 3. The third-order valence-corrected chi connectivity index (χ3v) is 3.80. The SMILES string of the molecule is CC(NC(=O)[C@@H]1CCCC[C@@H]1C(=O)O)c1cn[nH]c1. The molecule has 104 valence electrons. The van der Waals surface area contributed by atoms with Gasteiger partial charge < -0.3 is 10.4 Å². The lowest BCUT2D eigenvalue weighted by atomic mass is 9.78. The largest absolute Gasteiger partial charge is 0.481 e. The zero-order valence-corrected chi connectivity index (χ0v) is 10.9.